The summed E-state index contributed by atoms with van der Waals surface area (Å²) in [6, 6.07) is 15.9. The standard InChI is InChI=1S/C18H13F2N3O/c19-15-8-6-12(10-16(15)20)18(24)23-14-7-9-17(21-11-14)22-13-4-2-1-3-5-13/h1-11H,(H,21,22)(H,23,24). The Hall–Kier alpha value is -3.28. The van der Waals surface area contributed by atoms with E-state index in [1.807, 2.05) is 30.3 Å². The van der Waals surface area contributed by atoms with E-state index >= 15 is 0 Å². The van der Waals surface area contributed by atoms with Crippen LogP contribution in [-0.2, 0) is 0 Å². The van der Waals surface area contributed by atoms with Crippen molar-refractivity contribution >= 4 is 23.1 Å². The summed E-state index contributed by atoms with van der Waals surface area (Å²) in [5, 5.41) is 5.69. The van der Waals surface area contributed by atoms with E-state index in [9.17, 15) is 13.6 Å². The van der Waals surface area contributed by atoms with Gasteiger partial charge in [-0.15, -0.1) is 0 Å². The van der Waals surface area contributed by atoms with Crippen molar-refractivity contribution in [3.8, 4) is 0 Å². The summed E-state index contributed by atoms with van der Waals surface area (Å²) < 4.78 is 26.1. The molecule has 24 heavy (non-hydrogen) atoms. The Morgan fingerprint density at radius 1 is 0.875 bits per heavy atom. The van der Waals surface area contributed by atoms with Crippen LogP contribution in [-0.4, -0.2) is 10.9 Å². The van der Waals surface area contributed by atoms with Crippen LogP contribution >= 0.6 is 0 Å². The fourth-order valence-corrected chi connectivity index (χ4v) is 2.05. The molecule has 0 aliphatic carbocycles. The van der Waals surface area contributed by atoms with Crippen LogP contribution in [0.3, 0.4) is 0 Å². The number of hydrogen-bond donors (Lipinski definition) is 2. The largest absolute Gasteiger partial charge is 0.340 e. The van der Waals surface area contributed by atoms with Gasteiger partial charge in [0.1, 0.15) is 5.82 Å². The zero-order chi connectivity index (χ0) is 16.9. The van der Waals surface area contributed by atoms with Gasteiger partial charge in [-0.25, -0.2) is 13.8 Å². The van der Waals surface area contributed by atoms with Crippen LogP contribution in [0, 0.1) is 11.6 Å². The normalized spacial score (nSPS) is 10.2. The second-order valence-corrected chi connectivity index (χ2v) is 5.01. The molecule has 2 N–H and O–H groups in total. The maximum atomic E-state index is 13.2. The average Bonchev–Trinajstić information content (AvgIpc) is 2.60. The molecule has 0 atom stereocenters. The number of carbonyl (C=O) groups excluding carboxylic acids is 1. The van der Waals surface area contributed by atoms with Gasteiger partial charge in [0.05, 0.1) is 11.9 Å². The van der Waals surface area contributed by atoms with Gasteiger partial charge in [0.15, 0.2) is 11.6 Å². The predicted octanol–water partition coefficient (Wildman–Crippen LogP) is 4.36. The lowest BCUT2D eigenvalue weighted by molar-refractivity contribution is 0.102. The Morgan fingerprint density at radius 2 is 1.67 bits per heavy atom. The van der Waals surface area contributed by atoms with Gasteiger partial charge in [-0.1, -0.05) is 18.2 Å². The molecule has 3 rings (SSSR count). The van der Waals surface area contributed by atoms with Crippen LogP contribution in [0.25, 0.3) is 0 Å². The third kappa shape index (κ3) is 3.73. The van der Waals surface area contributed by atoms with Crippen LogP contribution in [0.15, 0.2) is 66.9 Å². The molecule has 1 aromatic heterocycles. The molecule has 0 spiro atoms. The zero-order valence-electron chi connectivity index (χ0n) is 12.5. The molecule has 0 unspecified atom stereocenters. The molecule has 0 saturated carbocycles. The summed E-state index contributed by atoms with van der Waals surface area (Å²) in [4.78, 5) is 16.2. The van der Waals surface area contributed by atoms with Crippen molar-refractivity contribution in [3.63, 3.8) is 0 Å². The maximum absolute atomic E-state index is 13.2. The van der Waals surface area contributed by atoms with Crippen molar-refractivity contribution in [1.82, 2.24) is 4.98 Å². The first-order valence-corrected chi connectivity index (χ1v) is 7.16. The number of halogens is 2. The van der Waals surface area contributed by atoms with Crippen molar-refractivity contribution in [3.05, 3.63) is 84.1 Å². The van der Waals surface area contributed by atoms with E-state index < -0.39 is 17.5 Å². The van der Waals surface area contributed by atoms with Gasteiger partial charge in [-0.3, -0.25) is 4.79 Å². The smallest absolute Gasteiger partial charge is 0.255 e. The Balaban J connectivity index is 1.67. The van der Waals surface area contributed by atoms with Crippen molar-refractivity contribution in [2.24, 2.45) is 0 Å². The van der Waals surface area contributed by atoms with Gasteiger partial charge in [0.25, 0.3) is 5.91 Å². The second-order valence-electron chi connectivity index (χ2n) is 5.01. The van der Waals surface area contributed by atoms with Gasteiger partial charge < -0.3 is 10.6 Å². The number of amides is 1. The van der Waals surface area contributed by atoms with Gasteiger partial charge in [-0.05, 0) is 42.5 Å². The number of nitrogens with one attached hydrogen (secondary N) is 2. The van der Waals surface area contributed by atoms with Gasteiger partial charge in [-0.2, -0.15) is 0 Å². The fraction of sp³-hybridized carbons (Fsp3) is 0. The van der Waals surface area contributed by atoms with E-state index in [1.165, 1.54) is 12.3 Å². The molecule has 0 saturated heterocycles. The second kappa shape index (κ2) is 6.87. The SMILES string of the molecule is O=C(Nc1ccc(Nc2ccccc2)nc1)c1ccc(F)c(F)c1. The molecule has 0 bridgehead atoms. The van der Waals surface area contributed by atoms with Crippen molar-refractivity contribution in [2.75, 3.05) is 10.6 Å². The van der Waals surface area contributed by atoms with E-state index in [0.29, 0.717) is 11.5 Å². The van der Waals surface area contributed by atoms with Gasteiger partial charge >= 0.3 is 0 Å². The number of para-hydroxylation sites is 1. The highest BCUT2D eigenvalue weighted by atomic mass is 19.2. The number of aromatic nitrogens is 1. The average molecular weight is 325 g/mol. The third-order valence-corrected chi connectivity index (χ3v) is 3.25. The number of carbonyl (C=O) groups is 1. The van der Waals surface area contributed by atoms with Crippen molar-refractivity contribution in [1.29, 1.82) is 0 Å². The summed E-state index contributed by atoms with van der Waals surface area (Å²) in [6.45, 7) is 0. The Labute approximate surface area is 137 Å². The van der Waals surface area contributed by atoms with Gasteiger partial charge in [0, 0.05) is 11.3 Å². The highest BCUT2D eigenvalue weighted by Crippen LogP contribution is 2.16. The van der Waals surface area contributed by atoms with Crippen molar-refractivity contribution in [2.45, 2.75) is 0 Å². The number of nitrogens with zero attached hydrogens (tertiary/aromatic N) is 1. The molecule has 0 aliphatic rings. The number of rotatable bonds is 4. The first-order valence-electron chi connectivity index (χ1n) is 7.16. The highest BCUT2D eigenvalue weighted by molar-refractivity contribution is 6.04. The lowest BCUT2D eigenvalue weighted by Crippen LogP contribution is -2.12. The van der Waals surface area contributed by atoms with E-state index in [0.717, 1.165) is 17.8 Å². The topological polar surface area (TPSA) is 54.0 Å². The monoisotopic (exact) mass is 325 g/mol. The molecular formula is C18H13F2N3O. The number of anilines is 3. The molecule has 4 nitrogen and oxygen atoms in total. The summed E-state index contributed by atoms with van der Waals surface area (Å²) in [7, 11) is 0. The maximum Gasteiger partial charge on any atom is 0.255 e. The first-order chi connectivity index (χ1) is 11.6. The van der Waals surface area contributed by atoms with E-state index in [1.54, 1.807) is 12.1 Å². The molecule has 3 aromatic rings. The zero-order valence-corrected chi connectivity index (χ0v) is 12.5. The van der Waals surface area contributed by atoms with E-state index in [2.05, 4.69) is 15.6 Å². The minimum absolute atomic E-state index is 0.0281. The lowest BCUT2D eigenvalue weighted by atomic mass is 10.2. The molecule has 1 heterocycles. The van der Waals surface area contributed by atoms with Crippen LogP contribution in [0.1, 0.15) is 10.4 Å². The molecule has 0 fully saturated rings. The summed E-state index contributed by atoms with van der Waals surface area (Å²) >= 11 is 0. The molecular weight excluding hydrogens is 312 g/mol. The summed E-state index contributed by atoms with van der Waals surface area (Å²) in [6.07, 6.45) is 1.48. The molecule has 120 valence electrons. The van der Waals surface area contributed by atoms with Gasteiger partial charge in [0.2, 0.25) is 0 Å². The van der Waals surface area contributed by atoms with Crippen LogP contribution in [0.4, 0.5) is 26.0 Å². The Bertz CT molecular complexity index is 852. The Morgan fingerprint density at radius 3 is 2.33 bits per heavy atom. The Kier molecular flexibility index (Phi) is 4.47. The lowest BCUT2D eigenvalue weighted by Gasteiger charge is -2.08. The molecule has 6 heteroatoms. The third-order valence-electron chi connectivity index (χ3n) is 3.25. The first kappa shape index (κ1) is 15.6. The summed E-state index contributed by atoms with van der Waals surface area (Å²) in [5.41, 5.74) is 1.37. The molecule has 0 radical (unpaired) electrons. The quantitative estimate of drug-likeness (QED) is 0.749. The number of pyridine rings is 1. The van der Waals surface area contributed by atoms with E-state index in [4.69, 9.17) is 0 Å². The number of benzene rings is 2. The van der Waals surface area contributed by atoms with Crippen LogP contribution in [0.2, 0.25) is 0 Å². The fourth-order valence-electron chi connectivity index (χ4n) is 2.05. The summed E-state index contributed by atoms with van der Waals surface area (Å²) in [5.74, 6) is -1.99. The van der Waals surface area contributed by atoms with Crippen molar-refractivity contribution < 1.29 is 13.6 Å². The minimum atomic E-state index is -1.07. The highest BCUT2D eigenvalue weighted by Gasteiger charge is 2.10. The molecule has 2 aromatic carbocycles. The predicted molar refractivity (Wildman–Crippen MR) is 88.3 cm³/mol. The van der Waals surface area contributed by atoms with Crippen LogP contribution in [0.5, 0.6) is 0 Å². The molecule has 0 aliphatic heterocycles. The van der Waals surface area contributed by atoms with E-state index in [-0.39, 0.29) is 5.56 Å². The number of hydrogen-bond acceptors (Lipinski definition) is 3. The minimum Gasteiger partial charge on any atom is -0.340 e. The van der Waals surface area contributed by atoms with Crippen LogP contribution < -0.4 is 10.6 Å². The molecule has 1 amide bonds.